The monoisotopic (exact) mass is 158 g/mol. The number of nitriles is 1. The number of hydrogen-bond donors (Lipinski definition) is 1. The number of aromatic amines is 1. The number of fused-ring (bicyclic) bond motifs is 1. The SMILES string of the molecule is N#CCc1ncnc2cc[nH]c12. The van der Waals surface area contributed by atoms with Crippen LogP contribution in [0.5, 0.6) is 0 Å². The van der Waals surface area contributed by atoms with E-state index < -0.39 is 0 Å². The summed E-state index contributed by atoms with van der Waals surface area (Å²) in [6, 6.07) is 3.91. The highest BCUT2D eigenvalue weighted by Crippen LogP contribution is 2.11. The molecule has 1 N–H and O–H groups in total. The summed E-state index contributed by atoms with van der Waals surface area (Å²) in [5, 5.41) is 8.49. The van der Waals surface area contributed by atoms with Crippen LogP contribution in [0.2, 0.25) is 0 Å². The van der Waals surface area contributed by atoms with Crippen LogP contribution in [0.3, 0.4) is 0 Å². The normalized spacial score (nSPS) is 9.92. The second-order valence-electron chi connectivity index (χ2n) is 2.39. The third kappa shape index (κ3) is 0.920. The van der Waals surface area contributed by atoms with E-state index in [1.165, 1.54) is 6.33 Å². The van der Waals surface area contributed by atoms with Gasteiger partial charge in [0.15, 0.2) is 0 Å². The van der Waals surface area contributed by atoms with Gasteiger partial charge in [0.2, 0.25) is 0 Å². The number of H-pyrrole nitrogens is 1. The Morgan fingerprint density at radius 1 is 1.50 bits per heavy atom. The largest absolute Gasteiger partial charge is 0.358 e. The number of hydrogen-bond acceptors (Lipinski definition) is 3. The number of rotatable bonds is 1. The smallest absolute Gasteiger partial charge is 0.116 e. The van der Waals surface area contributed by atoms with E-state index in [2.05, 4.69) is 21.0 Å². The molecule has 0 fully saturated rings. The van der Waals surface area contributed by atoms with Gasteiger partial charge in [-0.25, -0.2) is 9.97 Å². The summed E-state index contributed by atoms with van der Waals surface area (Å²) in [7, 11) is 0. The van der Waals surface area contributed by atoms with Gasteiger partial charge in [-0.15, -0.1) is 0 Å². The molecule has 12 heavy (non-hydrogen) atoms. The molecule has 0 bridgehead atoms. The molecule has 0 atom stereocenters. The van der Waals surface area contributed by atoms with Gasteiger partial charge in [-0.2, -0.15) is 5.26 Å². The molecule has 4 nitrogen and oxygen atoms in total. The van der Waals surface area contributed by atoms with E-state index >= 15 is 0 Å². The fourth-order valence-electron chi connectivity index (χ4n) is 1.13. The molecule has 0 saturated heterocycles. The van der Waals surface area contributed by atoms with Crippen LogP contribution in [-0.4, -0.2) is 15.0 Å². The molecule has 0 aliphatic rings. The lowest BCUT2D eigenvalue weighted by Crippen LogP contribution is -1.90. The summed E-state index contributed by atoms with van der Waals surface area (Å²) in [5.74, 6) is 0. The third-order valence-corrected chi connectivity index (χ3v) is 1.67. The Morgan fingerprint density at radius 3 is 3.25 bits per heavy atom. The highest BCUT2D eigenvalue weighted by Gasteiger charge is 2.02. The van der Waals surface area contributed by atoms with Crippen molar-refractivity contribution in [1.29, 1.82) is 5.26 Å². The molecule has 0 unspecified atom stereocenters. The molecule has 0 aliphatic carbocycles. The Bertz CT molecular complexity index is 437. The quantitative estimate of drug-likeness (QED) is 0.673. The molecule has 0 aromatic carbocycles. The van der Waals surface area contributed by atoms with Crippen LogP contribution in [0.4, 0.5) is 0 Å². The summed E-state index contributed by atoms with van der Waals surface area (Å²) in [5.41, 5.74) is 2.47. The van der Waals surface area contributed by atoms with E-state index in [1.54, 1.807) is 6.20 Å². The van der Waals surface area contributed by atoms with E-state index in [0.29, 0.717) is 6.42 Å². The van der Waals surface area contributed by atoms with E-state index in [9.17, 15) is 0 Å². The zero-order valence-corrected chi connectivity index (χ0v) is 6.28. The molecule has 4 heteroatoms. The standard InChI is InChI=1S/C8H6N4/c9-3-1-6-8-7(2-4-10-8)12-5-11-6/h2,4-5,10H,1H2. The van der Waals surface area contributed by atoms with Crippen molar-refractivity contribution in [2.75, 3.05) is 0 Å². The van der Waals surface area contributed by atoms with Crippen molar-refractivity contribution in [1.82, 2.24) is 15.0 Å². The zero-order valence-electron chi connectivity index (χ0n) is 6.28. The van der Waals surface area contributed by atoms with Gasteiger partial charge in [0.25, 0.3) is 0 Å². The first kappa shape index (κ1) is 6.80. The minimum absolute atomic E-state index is 0.319. The molecule has 2 heterocycles. The van der Waals surface area contributed by atoms with E-state index in [4.69, 9.17) is 5.26 Å². The molecule has 2 aromatic rings. The van der Waals surface area contributed by atoms with Crippen LogP contribution >= 0.6 is 0 Å². The second-order valence-corrected chi connectivity index (χ2v) is 2.39. The maximum atomic E-state index is 8.49. The van der Waals surface area contributed by atoms with Gasteiger partial charge in [-0.1, -0.05) is 0 Å². The molecule has 0 saturated carbocycles. The highest BCUT2D eigenvalue weighted by molar-refractivity contribution is 5.76. The molecular weight excluding hydrogens is 152 g/mol. The van der Waals surface area contributed by atoms with Crippen molar-refractivity contribution < 1.29 is 0 Å². The lowest BCUT2D eigenvalue weighted by molar-refractivity contribution is 1.09. The lowest BCUT2D eigenvalue weighted by Gasteiger charge is -1.93. The van der Waals surface area contributed by atoms with Crippen LogP contribution in [0, 0.1) is 11.3 Å². The van der Waals surface area contributed by atoms with Crippen molar-refractivity contribution in [2.24, 2.45) is 0 Å². The molecule has 0 aliphatic heterocycles. The zero-order chi connectivity index (χ0) is 8.39. The maximum absolute atomic E-state index is 8.49. The minimum Gasteiger partial charge on any atom is -0.358 e. The van der Waals surface area contributed by atoms with Crippen molar-refractivity contribution >= 4 is 11.0 Å². The fourth-order valence-corrected chi connectivity index (χ4v) is 1.13. The Morgan fingerprint density at radius 2 is 2.42 bits per heavy atom. The predicted molar refractivity (Wildman–Crippen MR) is 43.2 cm³/mol. The predicted octanol–water partition coefficient (Wildman–Crippen LogP) is 1.02. The topological polar surface area (TPSA) is 65.4 Å². The van der Waals surface area contributed by atoms with E-state index in [0.717, 1.165) is 16.7 Å². The average molecular weight is 158 g/mol. The fraction of sp³-hybridized carbons (Fsp3) is 0.125. The van der Waals surface area contributed by atoms with Crippen LogP contribution in [0.15, 0.2) is 18.6 Å². The van der Waals surface area contributed by atoms with Crippen LogP contribution < -0.4 is 0 Å². The Kier molecular flexibility index (Phi) is 1.49. The Labute approximate surface area is 68.9 Å². The summed E-state index contributed by atoms with van der Waals surface area (Å²) >= 11 is 0. The molecule has 0 amide bonds. The number of nitrogens with zero attached hydrogens (tertiary/aromatic N) is 3. The third-order valence-electron chi connectivity index (χ3n) is 1.67. The highest BCUT2D eigenvalue weighted by atomic mass is 14.9. The molecule has 58 valence electrons. The van der Waals surface area contributed by atoms with Crippen LogP contribution in [-0.2, 0) is 6.42 Å². The van der Waals surface area contributed by atoms with Gasteiger partial charge in [0, 0.05) is 6.20 Å². The minimum atomic E-state index is 0.319. The van der Waals surface area contributed by atoms with Gasteiger partial charge in [0.1, 0.15) is 6.33 Å². The number of nitrogens with one attached hydrogen (secondary N) is 1. The van der Waals surface area contributed by atoms with Gasteiger partial charge in [-0.3, -0.25) is 0 Å². The Balaban J connectivity index is 2.67. The molecular formula is C8H6N4. The summed E-state index contributed by atoms with van der Waals surface area (Å²) in [6.45, 7) is 0. The molecule has 2 rings (SSSR count). The van der Waals surface area contributed by atoms with Crippen molar-refractivity contribution in [3.63, 3.8) is 0 Å². The van der Waals surface area contributed by atoms with Gasteiger partial charge >= 0.3 is 0 Å². The van der Waals surface area contributed by atoms with Gasteiger partial charge in [-0.05, 0) is 6.07 Å². The van der Waals surface area contributed by atoms with Gasteiger partial charge in [0.05, 0.1) is 29.2 Å². The first-order valence-corrected chi connectivity index (χ1v) is 3.56. The van der Waals surface area contributed by atoms with Gasteiger partial charge < -0.3 is 4.98 Å². The van der Waals surface area contributed by atoms with Crippen LogP contribution in [0.1, 0.15) is 5.69 Å². The first-order chi connectivity index (χ1) is 5.92. The summed E-state index contributed by atoms with van der Waals surface area (Å²) in [4.78, 5) is 11.0. The van der Waals surface area contributed by atoms with Crippen LogP contribution in [0.25, 0.3) is 11.0 Å². The summed E-state index contributed by atoms with van der Waals surface area (Å²) < 4.78 is 0. The Hall–Kier alpha value is -1.89. The van der Waals surface area contributed by atoms with E-state index in [-0.39, 0.29) is 0 Å². The van der Waals surface area contributed by atoms with E-state index in [1.807, 2.05) is 6.07 Å². The molecule has 0 spiro atoms. The maximum Gasteiger partial charge on any atom is 0.116 e. The molecule has 0 radical (unpaired) electrons. The molecule has 2 aromatic heterocycles. The first-order valence-electron chi connectivity index (χ1n) is 3.56. The lowest BCUT2D eigenvalue weighted by atomic mass is 10.3. The average Bonchev–Trinajstić information content (AvgIpc) is 2.53. The number of aromatic nitrogens is 3. The van der Waals surface area contributed by atoms with Crippen molar-refractivity contribution in [2.45, 2.75) is 6.42 Å². The summed E-state index contributed by atoms with van der Waals surface area (Å²) in [6.07, 6.45) is 3.59. The van der Waals surface area contributed by atoms with Crippen molar-refractivity contribution in [3.8, 4) is 6.07 Å². The second kappa shape index (κ2) is 2.62. The van der Waals surface area contributed by atoms with Crippen molar-refractivity contribution in [3.05, 3.63) is 24.3 Å².